The summed E-state index contributed by atoms with van der Waals surface area (Å²) >= 11 is 0. The van der Waals surface area contributed by atoms with E-state index in [-0.39, 0.29) is 12.4 Å². The van der Waals surface area contributed by atoms with E-state index in [1.54, 1.807) is 12.1 Å². The number of alkyl halides is 3. The number of halogens is 3. The van der Waals surface area contributed by atoms with E-state index in [2.05, 4.69) is 35.0 Å². The van der Waals surface area contributed by atoms with Crippen LogP contribution in [0.25, 0.3) is 11.1 Å². The number of rotatable bonds is 9. The number of aliphatic hydroxyl groups is 1. The van der Waals surface area contributed by atoms with Crippen molar-refractivity contribution in [2.75, 3.05) is 18.5 Å². The van der Waals surface area contributed by atoms with Crippen LogP contribution in [0.15, 0.2) is 35.3 Å². The van der Waals surface area contributed by atoms with Crippen molar-refractivity contribution in [3.63, 3.8) is 0 Å². The van der Waals surface area contributed by atoms with Gasteiger partial charge >= 0.3 is 6.36 Å². The highest BCUT2D eigenvalue weighted by Crippen LogP contribution is 2.45. The van der Waals surface area contributed by atoms with Gasteiger partial charge in [0.2, 0.25) is 0 Å². The van der Waals surface area contributed by atoms with Gasteiger partial charge in [-0.2, -0.15) is 0 Å². The maximum atomic E-state index is 12.5. The van der Waals surface area contributed by atoms with Crippen LogP contribution in [0.1, 0.15) is 56.6 Å². The number of aliphatic imine (C=N–C) groups is 1. The van der Waals surface area contributed by atoms with Crippen LogP contribution in [0, 0.1) is 0 Å². The molecule has 0 radical (unpaired) electrons. The van der Waals surface area contributed by atoms with E-state index < -0.39 is 6.36 Å². The van der Waals surface area contributed by atoms with Gasteiger partial charge in [0, 0.05) is 18.4 Å². The fourth-order valence-corrected chi connectivity index (χ4v) is 4.17. The largest absolute Gasteiger partial charge is 0.573 e. The Morgan fingerprint density at radius 2 is 1.94 bits per heavy atom. The molecule has 1 heterocycles. The minimum Gasteiger partial charge on any atom is -0.406 e. The van der Waals surface area contributed by atoms with Crippen molar-refractivity contribution in [2.24, 2.45) is 4.99 Å². The first-order valence-corrected chi connectivity index (χ1v) is 10.8. The number of anilines is 1. The SMILES string of the molecule is CCCCC(CC)c1cc(-c2ccc(OC(F)(F)F)cc2)c2c(c1CCO)N=CCN2. The Labute approximate surface area is 181 Å². The van der Waals surface area contributed by atoms with Gasteiger partial charge in [-0.15, -0.1) is 13.2 Å². The molecule has 2 aromatic rings. The van der Waals surface area contributed by atoms with Gasteiger partial charge in [0.25, 0.3) is 0 Å². The van der Waals surface area contributed by atoms with Gasteiger partial charge in [-0.3, -0.25) is 4.99 Å². The molecule has 4 nitrogen and oxygen atoms in total. The molecule has 0 saturated carbocycles. The quantitative estimate of drug-likeness (QED) is 0.468. The van der Waals surface area contributed by atoms with E-state index in [4.69, 9.17) is 0 Å². The summed E-state index contributed by atoms with van der Waals surface area (Å²) in [5.74, 6) is 0.0816. The normalized spacial score (nSPS) is 14.1. The molecule has 0 fully saturated rings. The highest BCUT2D eigenvalue weighted by molar-refractivity contribution is 5.93. The Kier molecular flexibility index (Phi) is 7.59. The Balaban J connectivity index is 2.11. The van der Waals surface area contributed by atoms with Crippen molar-refractivity contribution in [1.29, 1.82) is 0 Å². The van der Waals surface area contributed by atoms with E-state index in [1.165, 1.54) is 12.1 Å². The Bertz CT molecular complexity index is 909. The van der Waals surface area contributed by atoms with Crippen LogP contribution in [0.4, 0.5) is 24.5 Å². The number of hydrogen-bond donors (Lipinski definition) is 2. The van der Waals surface area contributed by atoms with Gasteiger partial charge in [0.15, 0.2) is 0 Å². The summed E-state index contributed by atoms with van der Waals surface area (Å²) in [5.41, 5.74) is 5.57. The van der Waals surface area contributed by atoms with Crippen LogP contribution in [-0.4, -0.2) is 30.8 Å². The molecule has 3 rings (SSSR count). The molecule has 1 atom stereocenters. The number of benzene rings is 2. The lowest BCUT2D eigenvalue weighted by Gasteiger charge is -2.26. The summed E-state index contributed by atoms with van der Waals surface area (Å²) in [6.45, 7) is 4.92. The lowest BCUT2D eigenvalue weighted by Crippen LogP contribution is -2.17. The molecule has 7 heteroatoms. The lowest BCUT2D eigenvalue weighted by molar-refractivity contribution is -0.274. The molecule has 0 aliphatic carbocycles. The van der Waals surface area contributed by atoms with Gasteiger partial charge in [0.05, 0.1) is 17.9 Å². The van der Waals surface area contributed by atoms with Crippen LogP contribution in [-0.2, 0) is 6.42 Å². The summed E-state index contributed by atoms with van der Waals surface area (Å²) in [6.07, 6.45) is 1.81. The second kappa shape index (κ2) is 10.2. The molecule has 1 aliphatic rings. The fraction of sp³-hybridized carbons (Fsp3) is 0.458. The predicted molar refractivity (Wildman–Crippen MR) is 119 cm³/mol. The van der Waals surface area contributed by atoms with E-state index >= 15 is 0 Å². The molecule has 0 amide bonds. The zero-order chi connectivity index (χ0) is 22.4. The average Bonchev–Trinajstić information content (AvgIpc) is 2.75. The topological polar surface area (TPSA) is 53.9 Å². The zero-order valence-corrected chi connectivity index (χ0v) is 17.9. The number of nitrogens with zero attached hydrogens (tertiary/aromatic N) is 1. The number of ether oxygens (including phenoxy) is 1. The van der Waals surface area contributed by atoms with E-state index in [9.17, 15) is 18.3 Å². The lowest BCUT2D eigenvalue weighted by atomic mass is 9.83. The van der Waals surface area contributed by atoms with Crippen molar-refractivity contribution >= 4 is 17.6 Å². The van der Waals surface area contributed by atoms with Gasteiger partial charge in [0.1, 0.15) is 5.75 Å². The first-order valence-electron chi connectivity index (χ1n) is 10.8. The standard InChI is InChI=1S/C24H29F3N2O2/c1-3-5-6-16(4-2)20-15-21(17-7-9-18(10-8-17)31-24(25,26)27)23-22(19(20)11-14-30)28-12-13-29-23/h7-10,12,15-16,29-30H,3-6,11,13-14H2,1-2H3. The number of aliphatic hydroxyl groups excluding tert-OH is 1. The second-order valence-electron chi connectivity index (χ2n) is 7.70. The van der Waals surface area contributed by atoms with Crippen molar-refractivity contribution in [1.82, 2.24) is 0 Å². The molecule has 168 valence electrons. The van der Waals surface area contributed by atoms with Crippen LogP contribution in [0.3, 0.4) is 0 Å². The summed E-state index contributed by atoms with van der Waals surface area (Å²) in [7, 11) is 0. The van der Waals surface area contributed by atoms with E-state index in [0.29, 0.717) is 18.9 Å². The van der Waals surface area contributed by atoms with E-state index in [1.807, 2.05) is 6.21 Å². The molecule has 1 unspecified atom stereocenters. The maximum absolute atomic E-state index is 12.5. The summed E-state index contributed by atoms with van der Waals surface area (Å²) in [5, 5.41) is 13.1. The molecule has 0 saturated heterocycles. The average molecular weight is 435 g/mol. The fourth-order valence-electron chi connectivity index (χ4n) is 4.17. The minimum atomic E-state index is -4.72. The smallest absolute Gasteiger partial charge is 0.406 e. The third-order valence-electron chi connectivity index (χ3n) is 5.63. The molecule has 0 bridgehead atoms. The first kappa shape index (κ1) is 23.1. The predicted octanol–water partition coefficient (Wildman–Crippen LogP) is 6.60. The Morgan fingerprint density at radius 1 is 1.19 bits per heavy atom. The van der Waals surface area contributed by atoms with Crippen LogP contribution < -0.4 is 10.1 Å². The molecular formula is C24H29F3N2O2. The minimum absolute atomic E-state index is 0.0298. The Hall–Kier alpha value is -2.54. The molecule has 2 N–H and O–H groups in total. The van der Waals surface area contributed by atoms with Gasteiger partial charge in [-0.1, -0.05) is 38.8 Å². The van der Waals surface area contributed by atoms with Gasteiger partial charge < -0.3 is 15.2 Å². The maximum Gasteiger partial charge on any atom is 0.573 e. The van der Waals surface area contributed by atoms with Crippen molar-refractivity contribution < 1.29 is 23.0 Å². The number of nitrogens with one attached hydrogen (secondary N) is 1. The third kappa shape index (κ3) is 5.58. The highest BCUT2D eigenvalue weighted by Gasteiger charge is 2.31. The van der Waals surface area contributed by atoms with Crippen molar-refractivity contribution in [3.05, 3.63) is 41.5 Å². The molecule has 1 aliphatic heterocycles. The zero-order valence-electron chi connectivity index (χ0n) is 17.9. The van der Waals surface area contributed by atoms with Crippen LogP contribution in [0.2, 0.25) is 0 Å². The van der Waals surface area contributed by atoms with Crippen LogP contribution >= 0.6 is 0 Å². The Morgan fingerprint density at radius 3 is 2.55 bits per heavy atom. The summed E-state index contributed by atoms with van der Waals surface area (Å²) in [4.78, 5) is 4.65. The van der Waals surface area contributed by atoms with Crippen LogP contribution in [0.5, 0.6) is 5.75 Å². The number of unbranched alkanes of at least 4 members (excludes halogenated alkanes) is 1. The third-order valence-corrected chi connectivity index (χ3v) is 5.63. The van der Waals surface area contributed by atoms with Gasteiger partial charge in [-0.05, 0) is 60.1 Å². The van der Waals surface area contributed by atoms with Crippen molar-refractivity contribution in [3.8, 4) is 16.9 Å². The van der Waals surface area contributed by atoms with Gasteiger partial charge in [-0.25, -0.2) is 0 Å². The van der Waals surface area contributed by atoms with Crippen molar-refractivity contribution in [2.45, 2.75) is 58.2 Å². The molecule has 0 aromatic heterocycles. The second-order valence-corrected chi connectivity index (χ2v) is 7.70. The first-order chi connectivity index (χ1) is 14.9. The summed E-state index contributed by atoms with van der Waals surface area (Å²) < 4.78 is 41.6. The number of hydrogen-bond acceptors (Lipinski definition) is 4. The van der Waals surface area contributed by atoms with E-state index in [0.717, 1.165) is 59.3 Å². The highest BCUT2D eigenvalue weighted by atomic mass is 19.4. The molecule has 0 spiro atoms. The monoisotopic (exact) mass is 434 g/mol. The molecule has 2 aromatic carbocycles. The number of fused-ring (bicyclic) bond motifs is 1. The molecule has 31 heavy (non-hydrogen) atoms. The summed E-state index contributed by atoms with van der Waals surface area (Å²) in [6, 6.07) is 8.06. The molecular weight excluding hydrogens is 405 g/mol.